The molecule has 25 heavy (non-hydrogen) atoms. The minimum atomic E-state index is -0.981. The third kappa shape index (κ3) is 2.16. The summed E-state index contributed by atoms with van der Waals surface area (Å²) < 4.78 is 19.4. The molecular weight excluding hydrogens is 321 g/mol. The lowest BCUT2D eigenvalue weighted by atomic mass is 9.59. The molecular formula is C19H24FN3O2. The molecule has 0 saturated heterocycles. The summed E-state index contributed by atoms with van der Waals surface area (Å²) >= 11 is 0. The number of hydrogen-bond donors (Lipinski definition) is 1. The molecule has 0 amide bonds. The molecule has 134 valence electrons. The van der Waals surface area contributed by atoms with Crippen LogP contribution in [-0.4, -0.2) is 43.4 Å². The predicted octanol–water partition coefficient (Wildman–Crippen LogP) is 1.98. The Morgan fingerprint density at radius 2 is 2.08 bits per heavy atom. The summed E-state index contributed by atoms with van der Waals surface area (Å²) in [6.45, 7) is 0.238. The number of carbonyl (C=O) groups is 1. The smallest absolute Gasteiger partial charge is 0.192 e. The highest BCUT2D eigenvalue weighted by atomic mass is 19.1. The SMILES string of the molecule is COC1CCC2(CC1)Cc1cc(F)ccc1C21N=C(N)N(C)CC1=O. The van der Waals surface area contributed by atoms with E-state index in [0.717, 1.165) is 36.8 Å². The molecule has 5 nitrogen and oxygen atoms in total. The number of aliphatic imine (C=N–C) groups is 1. The van der Waals surface area contributed by atoms with Crippen LogP contribution in [0.25, 0.3) is 0 Å². The second kappa shape index (κ2) is 5.53. The fourth-order valence-electron chi connectivity index (χ4n) is 5.11. The first-order valence-electron chi connectivity index (χ1n) is 8.83. The van der Waals surface area contributed by atoms with Crippen molar-refractivity contribution in [3.8, 4) is 0 Å². The van der Waals surface area contributed by atoms with Crippen LogP contribution in [0.1, 0.15) is 36.8 Å². The van der Waals surface area contributed by atoms with E-state index in [9.17, 15) is 9.18 Å². The van der Waals surface area contributed by atoms with Crippen molar-refractivity contribution in [3.63, 3.8) is 0 Å². The minimum absolute atomic E-state index is 0.0606. The average Bonchev–Trinajstić information content (AvgIpc) is 2.83. The van der Waals surface area contributed by atoms with Gasteiger partial charge >= 0.3 is 0 Å². The Bertz CT molecular complexity index is 755. The summed E-state index contributed by atoms with van der Waals surface area (Å²) in [5.41, 5.74) is 6.57. The summed E-state index contributed by atoms with van der Waals surface area (Å²) in [6, 6.07) is 4.73. The van der Waals surface area contributed by atoms with Crippen molar-refractivity contribution in [2.45, 2.75) is 43.7 Å². The highest BCUT2D eigenvalue weighted by Crippen LogP contribution is 2.61. The van der Waals surface area contributed by atoms with E-state index in [1.807, 2.05) is 0 Å². The fraction of sp³-hybridized carbons (Fsp3) is 0.579. The number of hydrogen-bond acceptors (Lipinski definition) is 5. The molecule has 0 radical (unpaired) electrons. The molecule has 2 N–H and O–H groups in total. The molecule has 1 aliphatic heterocycles. The number of Topliss-reactive ketones (excluding diaryl/α,β-unsaturated/α-hetero) is 1. The molecule has 1 atom stereocenters. The predicted molar refractivity (Wildman–Crippen MR) is 92.7 cm³/mol. The van der Waals surface area contributed by atoms with Crippen molar-refractivity contribution in [2.24, 2.45) is 16.1 Å². The molecule has 1 aromatic rings. The maximum Gasteiger partial charge on any atom is 0.192 e. The first kappa shape index (κ1) is 16.5. The number of nitrogens with zero attached hydrogens (tertiary/aromatic N) is 2. The molecule has 6 heteroatoms. The Hall–Kier alpha value is -1.95. The maximum atomic E-state index is 13.9. The first-order chi connectivity index (χ1) is 11.9. The van der Waals surface area contributed by atoms with Gasteiger partial charge in [-0.2, -0.15) is 0 Å². The van der Waals surface area contributed by atoms with Gasteiger partial charge in [0.1, 0.15) is 5.82 Å². The highest BCUT2D eigenvalue weighted by molar-refractivity contribution is 6.01. The lowest BCUT2D eigenvalue weighted by molar-refractivity contribution is -0.132. The van der Waals surface area contributed by atoms with Crippen molar-refractivity contribution >= 4 is 11.7 Å². The Morgan fingerprint density at radius 3 is 2.76 bits per heavy atom. The van der Waals surface area contributed by atoms with Crippen molar-refractivity contribution in [2.75, 3.05) is 20.7 Å². The van der Waals surface area contributed by atoms with Gasteiger partial charge in [0, 0.05) is 19.6 Å². The van der Waals surface area contributed by atoms with Crippen LogP contribution >= 0.6 is 0 Å². The van der Waals surface area contributed by atoms with E-state index in [2.05, 4.69) is 0 Å². The van der Waals surface area contributed by atoms with Crippen LogP contribution in [0.15, 0.2) is 23.2 Å². The standard InChI is InChI=1S/C19H24FN3O2/c1-23-11-16(24)19(22-17(23)21)15-4-3-13(20)9-12(15)10-18(19)7-5-14(25-2)6-8-18/h3-4,9,14H,5-8,10-11H2,1-2H3,(H2,21,22). The molecule has 2 aliphatic carbocycles. The van der Waals surface area contributed by atoms with Gasteiger partial charge in [-0.25, -0.2) is 9.38 Å². The zero-order valence-corrected chi connectivity index (χ0v) is 14.7. The first-order valence-corrected chi connectivity index (χ1v) is 8.83. The zero-order valence-electron chi connectivity index (χ0n) is 14.7. The number of likely N-dealkylation sites (N-methyl/N-ethyl adjacent to an activating group) is 1. The summed E-state index contributed by atoms with van der Waals surface area (Å²) in [5.74, 6) is 0.171. The number of ketones is 1. The molecule has 1 heterocycles. The minimum Gasteiger partial charge on any atom is -0.381 e. The lowest BCUT2D eigenvalue weighted by Crippen LogP contribution is -2.58. The van der Waals surface area contributed by atoms with Gasteiger partial charge in [0.05, 0.1) is 12.6 Å². The van der Waals surface area contributed by atoms with E-state index in [0.29, 0.717) is 12.4 Å². The topological polar surface area (TPSA) is 67.9 Å². The number of ether oxygens (including phenoxy) is 1. The van der Waals surface area contributed by atoms with E-state index in [-0.39, 0.29) is 29.7 Å². The van der Waals surface area contributed by atoms with Gasteiger partial charge < -0.3 is 15.4 Å². The molecule has 1 aromatic carbocycles. The number of nitrogens with two attached hydrogens (primary N) is 1. The van der Waals surface area contributed by atoms with E-state index in [4.69, 9.17) is 15.5 Å². The van der Waals surface area contributed by atoms with Crippen LogP contribution < -0.4 is 5.73 Å². The lowest BCUT2D eigenvalue weighted by Gasteiger charge is -2.49. The molecule has 1 unspecified atom stereocenters. The number of halogens is 1. The highest BCUT2D eigenvalue weighted by Gasteiger charge is 2.63. The monoisotopic (exact) mass is 345 g/mol. The van der Waals surface area contributed by atoms with Crippen molar-refractivity contribution in [3.05, 3.63) is 35.1 Å². The molecule has 0 aromatic heterocycles. The summed E-state index contributed by atoms with van der Waals surface area (Å²) in [7, 11) is 3.51. The zero-order chi connectivity index (χ0) is 17.8. The molecule has 1 fully saturated rings. The van der Waals surface area contributed by atoms with E-state index in [1.165, 1.54) is 6.07 Å². The number of guanidine groups is 1. The molecule has 3 aliphatic rings. The number of rotatable bonds is 1. The van der Waals surface area contributed by atoms with E-state index >= 15 is 0 Å². The molecule has 1 saturated carbocycles. The fourth-order valence-corrected chi connectivity index (χ4v) is 5.11. The Labute approximate surface area is 147 Å². The normalized spacial score (nSPS) is 34.5. The van der Waals surface area contributed by atoms with Gasteiger partial charge in [-0.1, -0.05) is 6.07 Å². The average molecular weight is 345 g/mol. The third-order valence-corrected chi connectivity index (χ3v) is 6.43. The number of carbonyl (C=O) groups excluding carboxylic acids is 1. The summed E-state index contributed by atoms with van der Waals surface area (Å²) in [6.07, 6.45) is 4.30. The maximum absolute atomic E-state index is 13.9. The van der Waals surface area contributed by atoms with E-state index < -0.39 is 5.54 Å². The Morgan fingerprint density at radius 1 is 1.36 bits per heavy atom. The van der Waals surface area contributed by atoms with Gasteiger partial charge in [-0.3, -0.25) is 4.79 Å². The van der Waals surface area contributed by atoms with Crippen LogP contribution in [-0.2, 0) is 21.5 Å². The number of benzene rings is 1. The molecule has 4 rings (SSSR count). The molecule has 0 bridgehead atoms. The van der Waals surface area contributed by atoms with Crippen molar-refractivity contribution < 1.29 is 13.9 Å². The Kier molecular flexibility index (Phi) is 3.65. The Balaban J connectivity index is 1.89. The van der Waals surface area contributed by atoms with Crippen molar-refractivity contribution in [1.82, 2.24) is 4.90 Å². The second-order valence-electron chi connectivity index (χ2n) is 7.65. The number of fused-ring (bicyclic) bond motifs is 3. The molecule has 2 spiro atoms. The van der Waals surface area contributed by atoms with Crippen LogP contribution in [0.3, 0.4) is 0 Å². The third-order valence-electron chi connectivity index (χ3n) is 6.43. The van der Waals surface area contributed by atoms with Gasteiger partial charge in [-0.15, -0.1) is 0 Å². The second-order valence-corrected chi connectivity index (χ2v) is 7.65. The number of methoxy groups -OCH3 is 1. The summed E-state index contributed by atoms with van der Waals surface area (Å²) in [4.78, 5) is 19.8. The van der Waals surface area contributed by atoms with Gasteiger partial charge in [0.2, 0.25) is 0 Å². The van der Waals surface area contributed by atoms with Crippen LogP contribution in [0, 0.1) is 11.2 Å². The van der Waals surface area contributed by atoms with Crippen LogP contribution in [0.5, 0.6) is 0 Å². The van der Waals surface area contributed by atoms with Crippen LogP contribution in [0.2, 0.25) is 0 Å². The van der Waals surface area contributed by atoms with Gasteiger partial charge in [-0.05, 0) is 55.4 Å². The largest absolute Gasteiger partial charge is 0.381 e. The van der Waals surface area contributed by atoms with Crippen molar-refractivity contribution in [1.29, 1.82) is 0 Å². The summed E-state index contributed by atoms with van der Waals surface area (Å²) in [5, 5.41) is 0. The van der Waals surface area contributed by atoms with Gasteiger partial charge in [0.15, 0.2) is 17.3 Å². The quantitative estimate of drug-likeness (QED) is 0.845. The van der Waals surface area contributed by atoms with E-state index in [1.54, 1.807) is 31.2 Å². The van der Waals surface area contributed by atoms with Gasteiger partial charge in [0.25, 0.3) is 0 Å². The van der Waals surface area contributed by atoms with Crippen LogP contribution in [0.4, 0.5) is 4.39 Å².